The van der Waals surface area contributed by atoms with Crippen molar-refractivity contribution in [3.8, 4) is 5.75 Å². The second kappa shape index (κ2) is 11.3. The van der Waals surface area contributed by atoms with E-state index in [-0.39, 0.29) is 36.9 Å². The number of rotatable bonds is 9. The molecule has 0 spiro atoms. The molecular weight excluding hydrogens is 429 g/mol. The van der Waals surface area contributed by atoms with Gasteiger partial charge >= 0.3 is 6.03 Å². The van der Waals surface area contributed by atoms with Crippen LogP contribution in [0, 0.1) is 11.7 Å². The first kappa shape index (κ1) is 24.0. The van der Waals surface area contributed by atoms with E-state index in [4.69, 9.17) is 4.74 Å². The average molecular weight is 462 g/mol. The number of nitrogens with zero attached hydrogens (tertiary/aromatic N) is 2. The molecule has 1 aromatic heterocycles. The minimum Gasteiger partial charge on any atom is -0.491 e. The van der Waals surface area contributed by atoms with Crippen LogP contribution in [-0.2, 0) is 11.2 Å². The van der Waals surface area contributed by atoms with Gasteiger partial charge in [0.1, 0.15) is 24.7 Å². The van der Waals surface area contributed by atoms with E-state index in [0.717, 1.165) is 18.4 Å². The predicted molar refractivity (Wildman–Crippen MR) is 124 cm³/mol. The first-order chi connectivity index (χ1) is 15.4. The molecule has 0 unspecified atom stereocenters. The van der Waals surface area contributed by atoms with E-state index in [0.29, 0.717) is 31.3 Å². The third-order valence-corrected chi connectivity index (χ3v) is 6.79. The Morgan fingerprint density at radius 1 is 1.34 bits per heavy atom. The van der Waals surface area contributed by atoms with Crippen LogP contribution in [0.25, 0.3) is 0 Å². The summed E-state index contributed by atoms with van der Waals surface area (Å²) >= 11 is 1.68. The highest BCUT2D eigenvalue weighted by Crippen LogP contribution is 2.34. The van der Waals surface area contributed by atoms with Crippen LogP contribution in [0.4, 0.5) is 9.18 Å². The van der Waals surface area contributed by atoms with Gasteiger partial charge in [0.2, 0.25) is 5.91 Å². The van der Waals surface area contributed by atoms with Crippen LogP contribution in [0.15, 0.2) is 35.7 Å². The predicted octanol–water partition coefficient (Wildman–Crippen LogP) is 4.47. The first-order valence-corrected chi connectivity index (χ1v) is 12.1. The van der Waals surface area contributed by atoms with Gasteiger partial charge in [-0.3, -0.25) is 4.79 Å². The highest BCUT2D eigenvalue weighted by Gasteiger charge is 2.33. The number of hydrogen-bond acceptors (Lipinski definition) is 4. The Bertz CT molecular complexity index is 919. The molecule has 6 nitrogen and oxygen atoms in total. The number of halogens is 1. The van der Waals surface area contributed by atoms with Crippen molar-refractivity contribution < 1.29 is 18.7 Å². The topological polar surface area (TPSA) is 61.9 Å². The highest BCUT2D eigenvalue weighted by molar-refractivity contribution is 7.10. The van der Waals surface area contributed by atoms with E-state index in [1.165, 1.54) is 17.0 Å². The molecule has 2 atom stereocenters. The maximum atomic E-state index is 13.6. The van der Waals surface area contributed by atoms with Crippen molar-refractivity contribution in [3.63, 3.8) is 0 Å². The lowest BCUT2D eigenvalue weighted by atomic mass is 10.00. The summed E-state index contributed by atoms with van der Waals surface area (Å²) in [4.78, 5) is 30.6. The van der Waals surface area contributed by atoms with Gasteiger partial charge < -0.3 is 19.9 Å². The SMILES string of the molecule is CCNC(=O)N(CC(=O)N1CCc2sccc2[C@@H]1COc1cccc(F)c1)C[C@@H](C)CC. The second-order valence-electron chi connectivity index (χ2n) is 8.15. The van der Waals surface area contributed by atoms with Crippen LogP contribution in [0.5, 0.6) is 5.75 Å². The first-order valence-electron chi connectivity index (χ1n) is 11.2. The fraction of sp³-hybridized carbons (Fsp3) is 0.500. The summed E-state index contributed by atoms with van der Waals surface area (Å²) < 4.78 is 19.4. The number of benzene rings is 1. The smallest absolute Gasteiger partial charge is 0.317 e. The molecule has 0 saturated carbocycles. The van der Waals surface area contributed by atoms with Crippen molar-refractivity contribution >= 4 is 23.3 Å². The molecule has 8 heteroatoms. The number of fused-ring (bicyclic) bond motifs is 1. The number of amides is 3. The summed E-state index contributed by atoms with van der Waals surface area (Å²) in [5.41, 5.74) is 1.07. The van der Waals surface area contributed by atoms with E-state index < -0.39 is 0 Å². The number of urea groups is 1. The van der Waals surface area contributed by atoms with Gasteiger partial charge in [0.05, 0.1) is 6.04 Å². The van der Waals surface area contributed by atoms with Gasteiger partial charge in [-0.15, -0.1) is 11.3 Å². The molecule has 3 rings (SSSR count). The van der Waals surface area contributed by atoms with Crippen LogP contribution in [0.3, 0.4) is 0 Å². The Hall–Kier alpha value is -2.61. The monoisotopic (exact) mass is 461 g/mol. The lowest BCUT2D eigenvalue weighted by Crippen LogP contribution is -2.50. The van der Waals surface area contributed by atoms with Crippen molar-refractivity contribution in [1.82, 2.24) is 15.1 Å². The van der Waals surface area contributed by atoms with Crippen LogP contribution in [0.2, 0.25) is 0 Å². The van der Waals surface area contributed by atoms with Gasteiger partial charge in [-0.05, 0) is 48.4 Å². The summed E-state index contributed by atoms with van der Waals surface area (Å²) in [5, 5.41) is 4.84. The molecule has 32 heavy (non-hydrogen) atoms. The molecule has 1 aliphatic heterocycles. The molecule has 1 aliphatic rings. The molecule has 1 aromatic carbocycles. The minimum absolute atomic E-state index is 0.0199. The van der Waals surface area contributed by atoms with Crippen molar-refractivity contribution in [3.05, 3.63) is 52.0 Å². The van der Waals surface area contributed by atoms with Crippen molar-refractivity contribution in [2.24, 2.45) is 5.92 Å². The average Bonchev–Trinajstić information content (AvgIpc) is 3.26. The Labute approximate surface area is 193 Å². The van der Waals surface area contributed by atoms with Crippen molar-refractivity contribution in [2.75, 3.05) is 32.8 Å². The zero-order chi connectivity index (χ0) is 23.1. The van der Waals surface area contributed by atoms with Crippen LogP contribution in [0.1, 0.15) is 43.7 Å². The molecule has 1 N–H and O–H groups in total. The van der Waals surface area contributed by atoms with Gasteiger partial charge in [-0.2, -0.15) is 0 Å². The Morgan fingerprint density at radius 2 is 2.16 bits per heavy atom. The zero-order valence-electron chi connectivity index (χ0n) is 19.0. The largest absolute Gasteiger partial charge is 0.491 e. The number of ether oxygens (including phenoxy) is 1. The Kier molecular flexibility index (Phi) is 8.50. The number of nitrogens with one attached hydrogen (secondary N) is 1. The number of hydrogen-bond donors (Lipinski definition) is 1. The third kappa shape index (κ3) is 6.00. The van der Waals surface area contributed by atoms with Crippen molar-refractivity contribution in [2.45, 2.75) is 39.7 Å². The molecule has 0 radical (unpaired) electrons. The fourth-order valence-electron chi connectivity index (χ4n) is 3.85. The zero-order valence-corrected chi connectivity index (χ0v) is 19.8. The van der Waals surface area contributed by atoms with Crippen LogP contribution < -0.4 is 10.1 Å². The van der Waals surface area contributed by atoms with E-state index in [9.17, 15) is 14.0 Å². The van der Waals surface area contributed by atoms with Crippen LogP contribution >= 0.6 is 11.3 Å². The molecule has 3 amide bonds. The molecule has 2 aromatic rings. The Morgan fingerprint density at radius 3 is 2.88 bits per heavy atom. The minimum atomic E-state index is -0.363. The summed E-state index contributed by atoms with van der Waals surface area (Å²) in [7, 11) is 0. The van der Waals surface area contributed by atoms with E-state index >= 15 is 0 Å². The third-order valence-electron chi connectivity index (χ3n) is 5.79. The Balaban J connectivity index is 1.76. The van der Waals surface area contributed by atoms with Gasteiger partial charge in [0, 0.05) is 30.6 Å². The maximum absolute atomic E-state index is 13.6. The fourth-order valence-corrected chi connectivity index (χ4v) is 4.78. The van der Waals surface area contributed by atoms with Gasteiger partial charge in [0.25, 0.3) is 0 Å². The molecule has 0 aliphatic carbocycles. The van der Waals surface area contributed by atoms with Gasteiger partial charge in [-0.25, -0.2) is 9.18 Å². The molecule has 0 bridgehead atoms. The number of thiophene rings is 1. The van der Waals surface area contributed by atoms with Crippen molar-refractivity contribution in [1.29, 1.82) is 0 Å². The summed E-state index contributed by atoms with van der Waals surface area (Å²) in [6.07, 6.45) is 1.71. The quantitative estimate of drug-likeness (QED) is 0.599. The molecule has 0 fully saturated rings. The lowest BCUT2D eigenvalue weighted by Gasteiger charge is -2.37. The van der Waals surface area contributed by atoms with E-state index in [1.807, 2.05) is 18.4 Å². The lowest BCUT2D eigenvalue weighted by molar-refractivity contribution is -0.135. The maximum Gasteiger partial charge on any atom is 0.317 e. The molecule has 0 saturated heterocycles. The molecule has 174 valence electrons. The standard InChI is InChI=1S/C24H32FN3O3S/c1-4-17(3)14-27(24(30)26-5-2)15-23(29)28-11-9-22-20(10-12-32-22)21(28)16-31-19-8-6-7-18(25)13-19/h6-8,10,12-13,17,21H,4-5,9,11,14-16H2,1-3H3,(H,26,30)/t17-,21-/m0/s1. The normalized spacial score (nSPS) is 16.2. The van der Waals surface area contributed by atoms with E-state index in [2.05, 4.69) is 19.2 Å². The molecular formula is C24H32FN3O3S. The highest BCUT2D eigenvalue weighted by atomic mass is 32.1. The number of carbonyl (C=O) groups excluding carboxylic acids is 2. The molecule has 2 heterocycles. The summed E-state index contributed by atoms with van der Waals surface area (Å²) in [6.45, 7) is 7.86. The summed E-state index contributed by atoms with van der Waals surface area (Å²) in [6, 6.07) is 7.54. The summed E-state index contributed by atoms with van der Waals surface area (Å²) in [5.74, 6) is 0.255. The number of carbonyl (C=O) groups is 2. The van der Waals surface area contributed by atoms with Gasteiger partial charge in [-0.1, -0.05) is 26.3 Å². The van der Waals surface area contributed by atoms with E-state index in [1.54, 1.807) is 33.3 Å². The second-order valence-corrected chi connectivity index (χ2v) is 9.15. The van der Waals surface area contributed by atoms with Crippen LogP contribution in [-0.4, -0.2) is 54.5 Å². The van der Waals surface area contributed by atoms with Gasteiger partial charge in [0.15, 0.2) is 0 Å².